The molecule has 3 aromatic carbocycles. The third-order valence-corrected chi connectivity index (χ3v) is 9.63. The summed E-state index contributed by atoms with van der Waals surface area (Å²) in [4.78, 5) is 14.7. The molecule has 0 radical (unpaired) electrons. The van der Waals surface area contributed by atoms with Gasteiger partial charge in [0, 0.05) is 22.7 Å². The molecule has 32 heavy (non-hydrogen) atoms. The summed E-state index contributed by atoms with van der Waals surface area (Å²) in [5.74, 6) is -0.140. The van der Waals surface area contributed by atoms with E-state index in [9.17, 15) is 9.90 Å². The van der Waals surface area contributed by atoms with Crippen LogP contribution in [0.25, 0.3) is 5.57 Å². The highest BCUT2D eigenvalue weighted by atomic mass is 16.3. The van der Waals surface area contributed by atoms with Crippen molar-refractivity contribution in [3.8, 4) is 0 Å². The number of hydrogen-bond acceptors (Lipinski definition) is 2. The Labute approximate surface area is 188 Å². The van der Waals surface area contributed by atoms with Crippen molar-refractivity contribution in [2.75, 3.05) is 0 Å². The molecule has 0 spiro atoms. The van der Waals surface area contributed by atoms with Crippen LogP contribution in [-0.2, 0) is 10.2 Å². The van der Waals surface area contributed by atoms with Crippen LogP contribution in [0.4, 0.5) is 0 Å². The Balaban J connectivity index is 1.64. The fourth-order valence-corrected chi connectivity index (χ4v) is 8.79. The van der Waals surface area contributed by atoms with Gasteiger partial charge in [0.1, 0.15) is 0 Å². The fraction of sp³-hybridized carbons (Fsp3) is 0.300. The van der Waals surface area contributed by atoms with Crippen LogP contribution in [0.3, 0.4) is 0 Å². The molecule has 2 heteroatoms. The summed E-state index contributed by atoms with van der Waals surface area (Å²) >= 11 is 0. The Morgan fingerprint density at radius 2 is 1.41 bits per heavy atom. The molecule has 0 aromatic heterocycles. The highest BCUT2D eigenvalue weighted by molar-refractivity contribution is 6.12. The minimum absolute atomic E-state index is 0.161. The second-order valence-corrected chi connectivity index (χ2v) is 10.6. The van der Waals surface area contributed by atoms with Gasteiger partial charge < -0.3 is 5.11 Å². The maximum Gasteiger partial charge on any atom is 0.151 e. The minimum atomic E-state index is -1.05. The molecule has 7 rings (SSSR count). The highest BCUT2D eigenvalue weighted by Crippen LogP contribution is 2.90. The molecule has 4 bridgehead atoms. The predicted octanol–water partition coefficient (Wildman–Crippen LogP) is 5.51. The summed E-state index contributed by atoms with van der Waals surface area (Å²) in [6.07, 6.45) is 0. The van der Waals surface area contributed by atoms with Crippen LogP contribution in [0.15, 0.2) is 90.5 Å². The number of Topliss-reactive ketones (excluding diaryl/α,β-unsaturated/α-hetero) is 1. The lowest BCUT2D eigenvalue weighted by Gasteiger charge is -2.47. The number of carbonyl (C=O) groups excluding carboxylic acids is 1. The molecule has 0 aliphatic heterocycles. The number of benzene rings is 3. The molecule has 2 fully saturated rings. The maximum atomic E-state index is 14.7. The number of aliphatic hydroxyl groups is 1. The predicted molar refractivity (Wildman–Crippen MR) is 125 cm³/mol. The molecule has 3 aromatic rings. The maximum absolute atomic E-state index is 14.7. The molecule has 6 atom stereocenters. The summed E-state index contributed by atoms with van der Waals surface area (Å²) in [7, 11) is 0. The SMILES string of the molecule is CC1=C(c2ccccc2)[C@@]2(C)C(=O)[C@@]3(C)[C@H]4[C@@]1(O)[C@@H]2c1ccccc1[C@]43c1ccccc1. The van der Waals surface area contributed by atoms with Gasteiger partial charge in [-0.1, -0.05) is 91.9 Å². The second-order valence-electron chi connectivity index (χ2n) is 10.6. The fourth-order valence-electron chi connectivity index (χ4n) is 8.79. The summed E-state index contributed by atoms with van der Waals surface area (Å²) in [6, 6.07) is 29.1. The lowest BCUT2D eigenvalue weighted by atomic mass is 9.56. The Hall–Kier alpha value is -2.97. The quantitative estimate of drug-likeness (QED) is 0.596. The van der Waals surface area contributed by atoms with Gasteiger partial charge in [0.25, 0.3) is 0 Å². The molecule has 0 unspecified atom stereocenters. The third kappa shape index (κ3) is 1.54. The van der Waals surface area contributed by atoms with Gasteiger partial charge in [-0.25, -0.2) is 0 Å². The van der Waals surface area contributed by atoms with Gasteiger partial charge in [-0.15, -0.1) is 0 Å². The van der Waals surface area contributed by atoms with Crippen molar-refractivity contribution in [2.45, 2.75) is 37.7 Å². The van der Waals surface area contributed by atoms with Crippen LogP contribution in [0, 0.1) is 16.7 Å². The van der Waals surface area contributed by atoms with E-state index >= 15 is 0 Å². The summed E-state index contributed by atoms with van der Waals surface area (Å²) < 4.78 is 0. The smallest absolute Gasteiger partial charge is 0.151 e. The largest absolute Gasteiger partial charge is 0.384 e. The molecular formula is C30H26O2. The van der Waals surface area contributed by atoms with Crippen molar-refractivity contribution in [3.63, 3.8) is 0 Å². The summed E-state index contributed by atoms with van der Waals surface area (Å²) in [5.41, 5.74) is 3.61. The number of fused-ring (bicyclic) bond motifs is 3. The molecule has 0 heterocycles. The number of ketones is 1. The number of hydrogen-bond donors (Lipinski definition) is 1. The van der Waals surface area contributed by atoms with Gasteiger partial charge >= 0.3 is 0 Å². The van der Waals surface area contributed by atoms with Crippen molar-refractivity contribution in [3.05, 3.63) is 113 Å². The van der Waals surface area contributed by atoms with Crippen LogP contribution in [0.5, 0.6) is 0 Å². The standard InChI is InChI=1S/C30H26O2/c1-18-23(19-12-6-4-7-13-19)27(2)24-21-16-10-11-17-22(21)29(20-14-8-5-9-15-20)25(30(18,24)32)28(29,3)26(27)31/h4-17,24-25,32H,1-3H3/t24-,25-,27-,28-,29-,30+/m1/s1. The molecule has 1 N–H and O–H groups in total. The van der Waals surface area contributed by atoms with E-state index in [0.29, 0.717) is 0 Å². The van der Waals surface area contributed by atoms with E-state index in [2.05, 4.69) is 81.4 Å². The lowest BCUT2D eigenvalue weighted by Crippen LogP contribution is -2.53. The van der Waals surface area contributed by atoms with Gasteiger partial charge in [-0.05, 0) is 47.2 Å². The van der Waals surface area contributed by atoms with E-state index in [-0.39, 0.29) is 17.6 Å². The Morgan fingerprint density at radius 3 is 2.09 bits per heavy atom. The Bertz CT molecular complexity index is 1360. The average Bonchev–Trinajstić information content (AvgIpc) is 3.39. The van der Waals surface area contributed by atoms with E-state index < -0.39 is 21.8 Å². The Morgan fingerprint density at radius 1 is 0.812 bits per heavy atom. The van der Waals surface area contributed by atoms with Gasteiger partial charge in [0.2, 0.25) is 0 Å². The van der Waals surface area contributed by atoms with Gasteiger partial charge in [0.15, 0.2) is 5.78 Å². The monoisotopic (exact) mass is 418 g/mol. The zero-order chi connectivity index (χ0) is 22.1. The lowest BCUT2D eigenvalue weighted by molar-refractivity contribution is -0.140. The zero-order valence-corrected chi connectivity index (χ0v) is 18.6. The van der Waals surface area contributed by atoms with Gasteiger partial charge in [0.05, 0.1) is 11.0 Å². The summed E-state index contributed by atoms with van der Waals surface area (Å²) in [6.45, 7) is 6.29. The molecule has 4 aliphatic rings. The third-order valence-electron chi connectivity index (χ3n) is 9.63. The normalized spacial score (nSPS) is 40.3. The van der Waals surface area contributed by atoms with Crippen LogP contribution in [0.1, 0.15) is 48.9 Å². The zero-order valence-electron chi connectivity index (χ0n) is 18.6. The van der Waals surface area contributed by atoms with Gasteiger partial charge in [-0.2, -0.15) is 0 Å². The molecule has 158 valence electrons. The van der Waals surface area contributed by atoms with Crippen LogP contribution < -0.4 is 0 Å². The van der Waals surface area contributed by atoms with Crippen molar-refractivity contribution in [1.82, 2.24) is 0 Å². The van der Waals surface area contributed by atoms with Crippen molar-refractivity contribution in [1.29, 1.82) is 0 Å². The van der Waals surface area contributed by atoms with Crippen LogP contribution in [0.2, 0.25) is 0 Å². The van der Waals surface area contributed by atoms with E-state index in [1.54, 1.807) is 0 Å². The Kier molecular flexibility index (Phi) is 3.09. The first-order valence-electron chi connectivity index (χ1n) is 11.6. The molecule has 0 amide bonds. The van der Waals surface area contributed by atoms with E-state index in [4.69, 9.17) is 0 Å². The number of allylic oxidation sites excluding steroid dienone is 1. The molecule has 4 aliphatic carbocycles. The molecule has 2 saturated carbocycles. The topological polar surface area (TPSA) is 37.3 Å². The van der Waals surface area contributed by atoms with Crippen molar-refractivity contribution >= 4 is 11.4 Å². The van der Waals surface area contributed by atoms with E-state index in [1.807, 2.05) is 24.3 Å². The first-order chi connectivity index (χ1) is 15.4. The average molecular weight is 419 g/mol. The van der Waals surface area contributed by atoms with Gasteiger partial charge in [-0.3, -0.25) is 4.79 Å². The first-order valence-corrected chi connectivity index (χ1v) is 11.6. The summed E-state index contributed by atoms with van der Waals surface area (Å²) in [5, 5.41) is 12.7. The second kappa shape index (κ2) is 5.32. The van der Waals surface area contributed by atoms with E-state index in [0.717, 1.165) is 27.8 Å². The minimum Gasteiger partial charge on any atom is -0.384 e. The van der Waals surface area contributed by atoms with Crippen LogP contribution >= 0.6 is 0 Å². The first kappa shape index (κ1) is 18.6. The van der Waals surface area contributed by atoms with E-state index in [1.165, 1.54) is 5.56 Å². The molecule has 2 nitrogen and oxygen atoms in total. The molecular weight excluding hydrogens is 392 g/mol. The number of rotatable bonds is 2. The van der Waals surface area contributed by atoms with Crippen LogP contribution in [-0.4, -0.2) is 16.5 Å². The number of carbonyl (C=O) groups is 1. The molecule has 0 saturated heterocycles. The van der Waals surface area contributed by atoms with Crippen molar-refractivity contribution in [2.24, 2.45) is 16.7 Å². The van der Waals surface area contributed by atoms with Crippen molar-refractivity contribution < 1.29 is 9.90 Å². The highest BCUT2D eigenvalue weighted by Gasteiger charge is 2.94.